The minimum Gasteiger partial charge on any atom is -0.493 e. The topological polar surface area (TPSA) is 65.0 Å². The molecular formula is C17H22O5. The highest BCUT2D eigenvalue weighted by Crippen LogP contribution is 2.46. The van der Waals surface area contributed by atoms with Gasteiger partial charge in [-0.2, -0.15) is 0 Å². The zero-order valence-corrected chi connectivity index (χ0v) is 12.8. The molecular weight excluding hydrogens is 284 g/mol. The molecule has 1 aromatic carbocycles. The summed E-state index contributed by atoms with van der Waals surface area (Å²) in [6.45, 7) is 1.34. The first-order valence-electron chi connectivity index (χ1n) is 7.82. The minimum absolute atomic E-state index is 0.0000635. The van der Waals surface area contributed by atoms with Gasteiger partial charge >= 0.3 is 5.97 Å². The monoisotopic (exact) mass is 306 g/mol. The Kier molecular flexibility index (Phi) is 4.25. The molecule has 0 amide bonds. The number of ether oxygens (including phenoxy) is 3. The number of rotatable bonds is 5. The van der Waals surface area contributed by atoms with E-state index in [2.05, 4.69) is 0 Å². The lowest BCUT2D eigenvalue weighted by molar-refractivity contribution is -0.147. The van der Waals surface area contributed by atoms with E-state index in [9.17, 15) is 9.90 Å². The van der Waals surface area contributed by atoms with E-state index >= 15 is 0 Å². The van der Waals surface area contributed by atoms with E-state index in [1.54, 1.807) is 13.2 Å². The maximum absolute atomic E-state index is 11.7. The molecule has 1 aliphatic carbocycles. The van der Waals surface area contributed by atoms with Crippen molar-refractivity contribution in [3.05, 3.63) is 23.8 Å². The molecule has 1 unspecified atom stereocenters. The molecule has 1 heterocycles. The van der Waals surface area contributed by atoms with E-state index in [-0.39, 0.29) is 6.10 Å². The fourth-order valence-electron chi connectivity index (χ4n) is 3.21. The van der Waals surface area contributed by atoms with Crippen molar-refractivity contribution in [1.82, 2.24) is 0 Å². The average Bonchev–Trinajstić information content (AvgIpc) is 2.47. The lowest BCUT2D eigenvalue weighted by Crippen LogP contribution is -2.42. The molecule has 1 saturated carbocycles. The van der Waals surface area contributed by atoms with Gasteiger partial charge in [0.25, 0.3) is 0 Å². The first-order valence-corrected chi connectivity index (χ1v) is 7.82. The standard InChI is InChI=1S/C17H22O5/c1-20-14-6-5-12(17(16(18)19)7-3-8-17)10-15(14)22-13-4-2-9-21-11-13/h5-6,10,13H,2-4,7-9,11H2,1H3,(H,18,19). The van der Waals surface area contributed by atoms with E-state index in [0.29, 0.717) is 30.9 Å². The molecule has 120 valence electrons. The van der Waals surface area contributed by atoms with Crippen molar-refractivity contribution < 1.29 is 24.1 Å². The van der Waals surface area contributed by atoms with Gasteiger partial charge in [-0.25, -0.2) is 0 Å². The number of methoxy groups -OCH3 is 1. The molecule has 5 nitrogen and oxygen atoms in total. The van der Waals surface area contributed by atoms with Crippen molar-refractivity contribution in [1.29, 1.82) is 0 Å². The zero-order chi connectivity index (χ0) is 15.6. The third-order valence-electron chi connectivity index (χ3n) is 4.74. The highest BCUT2D eigenvalue weighted by Gasteiger charge is 2.46. The van der Waals surface area contributed by atoms with Crippen LogP contribution in [0.2, 0.25) is 0 Å². The van der Waals surface area contributed by atoms with Crippen LogP contribution in [0.25, 0.3) is 0 Å². The summed E-state index contributed by atoms with van der Waals surface area (Å²) in [6.07, 6.45) is 4.23. The molecule has 3 rings (SSSR count). The Morgan fingerprint density at radius 2 is 2.14 bits per heavy atom. The van der Waals surface area contributed by atoms with Crippen LogP contribution in [-0.2, 0) is 14.9 Å². The van der Waals surface area contributed by atoms with Crippen LogP contribution in [0.3, 0.4) is 0 Å². The summed E-state index contributed by atoms with van der Waals surface area (Å²) in [5.41, 5.74) is 0.0479. The van der Waals surface area contributed by atoms with E-state index < -0.39 is 11.4 Å². The normalized spacial score (nSPS) is 23.4. The van der Waals surface area contributed by atoms with Crippen LogP contribution in [0.4, 0.5) is 0 Å². The molecule has 1 N–H and O–H groups in total. The number of aliphatic carboxylic acids is 1. The largest absolute Gasteiger partial charge is 0.493 e. The lowest BCUT2D eigenvalue weighted by Gasteiger charge is -2.38. The Labute approximate surface area is 130 Å². The second kappa shape index (κ2) is 6.16. The lowest BCUT2D eigenvalue weighted by atomic mass is 9.64. The summed E-state index contributed by atoms with van der Waals surface area (Å²) in [5, 5.41) is 9.58. The van der Waals surface area contributed by atoms with Crippen LogP contribution < -0.4 is 9.47 Å². The third kappa shape index (κ3) is 2.65. The van der Waals surface area contributed by atoms with Gasteiger partial charge in [-0.1, -0.05) is 12.5 Å². The number of carboxylic acid groups (broad SMARTS) is 1. The van der Waals surface area contributed by atoms with Crippen molar-refractivity contribution >= 4 is 5.97 Å². The molecule has 0 aromatic heterocycles. The van der Waals surface area contributed by atoms with Gasteiger partial charge in [0.05, 0.1) is 19.1 Å². The molecule has 1 aliphatic heterocycles. The minimum atomic E-state index is -0.757. The Bertz CT molecular complexity index is 544. The van der Waals surface area contributed by atoms with Crippen molar-refractivity contribution in [3.8, 4) is 11.5 Å². The summed E-state index contributed by atoms with van der Waals surface area (Å²) in [7, 11) is 1.59. The molecule has 2 fully saturated rings. The van der Waals surface area contributed by atoms with E-state index in [0.717, 1.165) is 31.4 Å². The smallest absolute Gasteiger partial charge is 0.314 e. The van der Waals surface area contributed by atoms with E-state index in [4.69, 9.17) is 14.2 Å². The Morgan fingerprint density at radius 1 is 1.32 bits per heavy atom. The summed E-state index contributed by atoms with van der Waals surface area (Å²) in [6, 6.07) is 5.48. The molecule has 22 heavy (non-hydrogen) atoms. The molecule has 5 heteroatoms. The van der Waals surface area contributed by atoms with Crippen molar-refractivity contribution in [2.45, 2.75) is 43.6 Å². The van der Waals surface area contributed by atoms with Gasteiger partial charge in [-0.3, -0.25) is 4.79 Å². The fraction of sp³-hybridized carbons (Fsp3) is 0.588. The van der Waals surface area contributed by atoms with E-state index in [1.807, 2.05) is 12.1 Å². The van der Waals surface area contributed by atoms with Gasteiger partial charge in [0.15, 0.2) is 11.5 Å². The molecule has 0 radical (unpaired) electrons. The van der Waals surface area contributed by atoms with Gasteiger partial charge in [-0.05, 0) is 43.4 Å². The summed E-state index contributed by atoms with van der Waals surface area (Å²) in [4.78, 5) is 11.7. The molecule has 1 atom stereocenters. The average molecular weight is 306 g/mol. The molecule has 1 saturated heterocycles. The van der Waals surface area contributed by atoms with Crippen LogP contribution in [0.5, 0.6) is 11.5 Å². The SMILES string of the molecule is COc1ccc(C2(C(=O)O)CCC2)cc1OC1CCCOC1. The maximum Gasteiger partial charge on any atom is 0.314 e. The van der Waals surface area contributed by atoms with Crippen LogP contribution >= 0.6 is 0 Å². The first-order chi connectivity index (χ1) is 10.7. The molecule has 0 spiro atoms. The number of hydrogen-bond donors (Lipinski definition) is 1. The number of carbonyl (C=O) groups is 1. The van der Waals surface area contributed by atoms with Crippen molar-refractivity contribution in [2.24, 2.45) is 0 Å². The van der Waals surface area contributed by atoms with Crippen molar-refractivity contribution in [3.63, 3.8) is 0 Å². The summed E-state index contributed by atoms with van der Waals surface area (Å²) < 4.78 is 16.8. The number of carboxylic acids is 1. The quantitative estimate of drug-likeness (QED) is 0.906. The Morgan fingerprint density at radius 3 is 2.68 bits per heavy atom. The predicted molar refractivity (Wildman–Crippen MR) is 80.6 cm³/mol. The fourth-order valence-corrected chi connectivity index (χ4v) is 3.21. The van der Waals surface area contributed by atoms with Gasteiger partial charge in [0.2, 0.25) is 0 Å². The highest BCUT2D eigenvalue weighted by molar-refractivity contribution is 5.83. The third-order valence-corrected chi connectivity index (χ3v) is 4.74. The zero-order valence-electron chi connectivity index (χ0n) is 12.8. The summed E-state index contributed by atoms with van der Waals surface area (Å²) in [5.74, 6) is 0.494. The molecule has 1 aromatic rings. The second-order valence-electron chi connectivity index (χ2n) is 6.06. The summed E-state index contributed by atoms with van der Waals surface area (Å²) >= 11 is 0. The van der Waals surface area contributed by atoms with Gasteiger partial charge < -0.3 is 19.3 Å². The Balaban J connectivity index is 1.87. The highest BCUT2D eigenvalue weighted by atomic mass is 16.5. The Hall–Kier alpha value is -1.75. The van der Waals surface area contributed by atoms with Crippen LogP contribution in [0.15, 0.2) is 18.2 Å². The molecule has 0 bridgehead atoms. The number of hydrogen-bond acceptors (Lipinski definition) is 4. The van der Waals surface area contributed by atoms with Crippen LogP contribution in [0.1, 0.15) is 37.7 Å². The predicted octanol–water partition coefficient (Wildman–Crippen LogP) is 2.76. The number of benzene rings is 1. The van der Waals surface area contributed by atoms with Gasteiger partial charge in [0.1, 0.15) is 6.10 Å². The molecule has 2 aliphatic rings. The van der Waals surface area contributed by atoms with Crippen molar-refractivity contribution in [2.75, 3.05) is 20.3 Å². The second-order valence-corrected chi connectivity index (χ2v) is 6.06. The van der Waals surface area contributed by atoms with Crippen LogP contribution in [-0.4, -0.2) is 37.5 Å². The maximum atomic E-state index is 11.7. The van der Waals surface area contributed by atoms with Gasteiger partial charge in [0, 0.05) is 6.61 Å². The first kappa shape index (κ1) is 15.2. The van der Waals surface area contributed by atoms with Gasteiger partial charge in [-0.15, -0.1) is 0 Å². The van der Waals surface area contributed by atoms with E-state index in [1.165, 1.54) is 0 Å². The van der Waals surface area contributed by atoms with Crippen LogP contribution in [0, 0.1) is 0 Å².